The molecule has 152 valence electrons. The van der Waals surface area contributed by atoms with Crippen LogP contribution in [0.15, 0.2) is 40.1 Å². The molecule has 0 bridgehead atoms. The number of carbonyl (C=O) groups is 1. The Morgan fingerprint density at radius 1 is 1.38 bits per heavy atom. The van der Waals surface area contributed by atoms with E-state index in [-0.39, 0.29) is 12.5 Å². The molecule has 1 aliphatic heterocycles. The molecule has 9 heteroatoms. The summed E-state index contributed by atoms with van der Waals surface area (Å²) in [6.07, 6.45) is 1.10. The predicted molar refractivity (Wildman–Crippen MR) is 111 cm³/mol. The number of thiophene rings is 1. The molecular weight excluding hydrogens is 390 g/mol. The fourth-order valence-electron chi connectivity index (χ4n) is 3.33. The van der Waals surface area contributed by atoms with Gasteiger partial charge in [-0.15, -0.1) is 21.5 Å². The van der Waals surface area contributed by atoms with Crippen LogP contribution < -0.4 is 15.4 Å². The van der Waals surface area contributed by atoms with Gasteiger partial charge in [0.1, 0.15) is 5.75 Å². The number of likely N-dealkylation sites (tertiary alicyclic amines) is 1. The molecule has 29 heavy (non-hydrogen) atoms. The SMILES string of the molecule is COc1cc(NC2CCN(C)C2)ccc1C(=O)NCc1nnc(-c2cccs2)o1. The molecule has 1 amide bonds. The number of anilines is 1. The van der Waals surface area contributed by atoms with Crippen LogP contribution in [0.4, 0.5) is 5.69 Å². The van der Waals surface area contributed by atoms with Crippen molar-refractivity contribution < 1.29 is 13.9 Å². The Bertz CT molecular complexity index is 972. The van der Waals surface area contributed by atoms with Gasteiger partial charge in [0.25, 0.3) is 11.8 Å². The van der Waals surface area contributed by atoms with Crippen molar-refractivity contribution in [2.24, 2.45) is 0 Å². The Hall–Kier alpha value is -2.91. The highest BCUT2D eigenvalue weighted by atomic mass is 32.1. The number of benzene rings is 1. The maximum absolute atomic E-state index is 12.6. The number of rotatable bonds is 7. The van der Waals surface area contributed by atoms with Crippen molar-refractivity contribution in [2.45, 2.75) is 19.0 Å². The molecule has 8 nitrogen and oxygen atoms in total. The van der Waals surface area contributed by atoms with E-state index in [9.17, 15) is 4.79 Å². The van der Waals surface area contributed by atoms with E-state index in [1.54, 1.807) is 13.2 Å². The molecule has 1 aliphatic rings. The van der Waals surface area contributed by atoms with Crippen LogP contribution in [-0.4, -0.2) is 54.3 Å². The summed E-state index contributed by atoms with van der Waals surface area (Å²) >= 11 is 1.52. The molecule has 2 N–H and O–H groups in total. The summed E-state index contributed by atoms with van der Waals surface area (Å²) in [5.41, 5.74) is 1.40. The predicted octanol–water partition coefficient (Wildman–Crippen LogP) is 2.85. The number of ether oxygens (including phenoxy) is 1. The van der Waals surface area contributed by atoms with Crippen LogP contribution >= 0.6 is 11.3 Å². The maximum Gasteiger partial charge on any atom is 0.257 e. The zero-order chi connectivity index (χ0) is 20.2. The number of nitrogens with zero attached hydrogens (tertiary/aromatic N) is 3. The van der Waals surface area contributed by atoms with Crippen LogP contribution in [0.3, 0.4) is 0 Å². The third kappa shape index (κ3) is 4.57. The number of hydrogen-bond donors (Lipinski definition) is 2. The first-order valence-corrected chi connectivity index (χ1v) is 10.3. The van der Waals surface area contributed by atoms with Gasteiger partial charge in [0.15, 0.2) is 0 Å². The van der Waals surface area contributed by atoms with Crippen molar-refractivity contribution in [2.75, 3.05) is 32.6 Å². The van der Waals surface area contributed by atoms with E-state index < -0.39 is 0 Å². The number of hydrogen-bond acceptors (Lipinski definition) is 8. The second kappa shape index (κ2) is 8.62. The number of carbonyl (C=O) groups excluding carboxylic acids is 1. The molecule has 0 aliphatic carbocycles. The lowest BCUT2D eigenvalue weighted by atomic mass is 10.1. The molecule has 3 aromatic rings. The highest BCUT2D eigenvalue weighted by Gasteiger charge is 2.20. The summed E-state index contributed by atoms with van der Waals surface area (Å²) in [6, 6.07) is 9.75. The highest BCUT2D eigenvalue weighted by Crippen LogP contribution is 2.25. The lowest BCUT2D eigenvalue weighted by Gasteiger charge is -2.16. The van der Waals surface area contributed by atoms with Gasteiger partial charge in [0, 0.05) is 24.3 Å². The van der Waals surface area contributed by atoms with Gasteiger partial charge in [-0.05, 0) is 43.6 Å². The van der Waals surface area contributed by atoms with Gasteiger partial charge >= 0.3 is 0 Å². The van der Waals surface area contributed by atoms with E-state index >= 15 is 0 Å². The number of methoxy groups -OCH3 is 1. The van der Waals surface area contributed by atoms with Crippen molar-refractivity contribution in [1.82, 2.24) is 20.4 Å². The molecule has 0 radical (unpaired) electrons. The van der Waals surface area contributed by atoms with Crippen molar-refractivity contribution in [3.63, 3.8) is 0 Å². The van der Waals surface area contributed by atoms with Crippen molar-refractivity contribution in [3.05, 3.63) is 47.2 Å². The largest absolute Gasteiger partial charge is 0.496 e. The summed E-state index contributed by atoms with van der Waals surface area (Å²) in [5.74, 6) is 1.06. The minimum atomic E-state index is -0.259. The standard InChI is InChI=1S/C20H23N5O3S/c1-25-8-7-14(12-25)22-13-5-6-15(16(10-13)27-2)19(26)21-11-18-23-24-20(28-18)17-4-3-9-29-17/h3-6,9-10,14,22H,7-8,11-12H2,1-2H3,(H,21,26). The first-order chi connectivity index (χ1) is 14.1. The lowest BCUT2D eigenvalue weighted by Crippen LogP contribution is -2.25. The van der Waals surface area contributed by atoms with Crippen molar-refractivity contribution >= 4 is 22.9 Å². The monoisotopic (exact) mass is 413 g/mol. The average Bonchev–Trinajstić information content (AvgIpc) is 3.48. The van der Waals surface area contributed by atoms with Gasteiger partial charge < -0.3 is 24.7 Å². The van der Waals surface area contributed by atoms with Gasteiger partial charge in [-0.2, -0.15) is 0 Å². The zero-order valence-electron chi connectivity index (χ0n) is 16.3. The van der Waals surface area contributed by atoms with Crippen LogP contribution in [0.25, 0.3) is 10.8 Å². The molecule has 3 heterocycles. The third-order valence-corrected chi connectivity index (χ3v) is 5.67. The second-order valence-corrected chi connectivity index (χ2v) is 7.92. The zero-order valence-corrected chi connectivity index (χ0v) is 17.2. The van der Waals surface area contributed by atoms with Gasteiger partial charge in [-0.3, -0.25) is 4.79 Å². The van der Waals surface area contributed by atoms with Crippen molar-refractivity contribution in [3.8, 4) is 16.5 Å². The average molecular weight is 414 g/mol. The van der Waals surface area contributed by atoms with Gasteiger partial charge in [0.2, 0.25) is 5.89 Å². The number of nitrogens with one attached hydrogen (secondary N) is 2. The molecule has 1 unspecified atom stereocenters. The summed E-state index contributed by atoms with van der Waals surface area (Å²) in [6.45, 7) is 2.23. The molecule has 1 fully saturated rings. The van der Waals surface area contributed by atoms with E-state index in [4.69, 9.17) is 9.15 Å². The molecule has 1 atom stereocenters. The topological polar surface area (TPSA) is 92.5 Å². The number of likely N-dealkylation sites (N-methyl/N-ethyl adjacent to an activating group) is 1. The highest BCUT2D eigenvalue weighted by molar-refractivity contribution is 7.13. The van der Waals surface area contributed by atoms with E-state index in [0.29, 0.717) is 29.1 Å². The third-order valence-electron chi connectivity index (χ3n) is 4.81. The summed E-state index contributed by atoms with van der Waals surface area (Å²) < 4.78 is 11.0. The summed E-state index contributed by atoms with van der Waals surface area (Å²) in [4.78, 5) is 15.8. The summed E-state index contributed by atoms with van der Waals surface area (Å²) in [5, 5.41) is 16.3. The fourth-order valence-corrected chi connectivity index (χ4v) is 3.98. The fraction of sp³-hybridized carbons (Fsp3) is 0.350. The van der Waals surface area contributed by atoms with Gasteiger partial charge in [-0.1, -0.05) is 6.07 Å². The second-order valence-electron chi connectivity index (χ2n) is 6.97. The molecule has 2 aromatic heterocycles. The number of amides is 1. The maximum atomic E-state index is 12.6. The molecular formula is C20H23N5O3S. The van der Waals surface area contributed by atoms with E-state index in [2.05, 4.69) is 32.8 Å². The first kappa shape index (κ1) is 19.4. The quantitative estimate of drug-likeness (QED) is 0.615. The van der Waals surface area contributed by atoms with Crippen LogP contribution in [0.5, 0.6) is 5.75 Å². The smallest absolute Gasteiger partial charge is 0.257 e. The minimum absolute atomic E-state index is 0.148. The molecule has 1 aromatic carbocycles. The Kier molecular flexibility index (Phi) is 5.77. The van der Waals surface area contributed by atoms with Crippen LogP contribution in [0.2, 0.25) is 0 Å². The molecule has 0 saturated carbocycles. The Labute approximate surface area is 172 Å². The van der Waals surface area contributed by atoms with E-state index in [0.717, 1.165) is 30.1 Å². The molecule has 1 saturated heterocycles. The van der Waals surface area contributed by atoms with E-state index in [1.807, 2.05) is 29.6 Å². The number of aromatic nitrogens is 2. The van der Waals surface area contributed by atoms with Gasteiger partial charge in [0.05, 0.1) is 24.1 Å². The lowest BCUT2D eigenvalue weighted by molar-refractivity contribution is 0.0944. The Balaban J connectivity index is 1.39. The van der Waals surface area contributed by atoms with Gasteiger partial charge in [-0.25, -0.2) is 0 Å². The Morgan fingerprint density at radius 2 is 2.28 bits per heavy atom. The van der Waals surface area contributed by atoms with Crippen LogP contribution in [0.1, 0.15) is 22.7 Å². The van der Waals surface area contributed by atoms with Crippen LogP contribution in [-0.2, 0) is 6.54 Å². The minimum Gasteiger partial charge on any atom is -0.496 e. The first-order valence-electron chi connectivity index (χ1n) is 9.40. The molecule has 4 rings (SSSR count). The van der Waals surface area contributed by atoms with Crippen LogP contribution in [0, 0.1) is 0 Å². The van der Waals surface area contributed by atoms with Crippen molar-refractivity contribution in [1.29, 1.82) is 0 Å². The van der Waals surface area contributed by atoms with E-state index in [1.165, 1.54) is 11.3 Å². The molecule has 0 spiro atoms. The summed E-state index contributed by atoms with van der Waals surface area (Å²) in [7, 11) is 3.67. The normalized spacial score (nSPS) is 16.7. The Morgan fingerprint density at radius 3 is 3.00 bits per heavy atom.